The van der Waals surface area contributed by atoms with Gasteiger partial charge in [0.15, 0.2) is 0 Å². The topological polar surface area (TPSA) is 46.1 Å². The van der Waals surface area contributed by atoms with Crippen LogP contribution in [0.25, 0.3) is 10.2 Å². The van der Waals surface area contributed by atoms with Crippen molar-refractivity contribution in [2.24, 2.45) is 0 Å². The van der Waals surface area contributed by atoms with Crippen LogP contribution in [0.3, 0.4) is 0 Å². The molecule has 0 N–H and O–H groups in total. The van der Waals surface area contributed by atoms with Crippen LogP contribution in [0.4, 0.5) is 8.78 Å². The van der Waals surface area contributed by atoms with E-state index in [9.17, 15) is 13.6 Å². The van der Waals surface area contributed by atoms with Gasteiger partial charge in [0, 0.05) is 35.3 Å². The van der Waals surface area contributed by atoms with E-state index in [4.69, 9.17) is 0 Å². The second-order valence-corrected chi connectivity index (χ2v) is 7.99. The molecular weight excluding hydrogens is 368 g/mol. The molecule has 2 aromatic heterocycles. The number of benzene rings is 1. The lowest BCUT2D eigenvalue weighted by Crippen LogP contribution is -2.32. The SMILES string of the molecule is Cc1nc(C)c2c(C)c(C(=O)N(Cc3ccc(F)cc3F)C3CC3)sc2n1. The van der Waals surface area contributed by atoms with Crippen LogP contribution < -0.4 is 0 Å². The van der Waals surface area contributed by atoms with Crippen molar-refractivity contribution in [2.75, 3.05) is 0 Å². The van der Waals surface area contributed by atoms with E-state index in [1.807, 2.05) is 20.8 Å². The van der Waals surface area contributed by atoms with Gasteiger partial charge in [0.2, 0.25) is 0 Å². The number of carbonyl (C=O) groups is 1. The number of hydrogen-bond donors (Lipinski definition) is 0. The molecule has 4 nitrogen and oxygen atoms in total. The average Bonchev–Trinajstić information content (AvgIpc) is 3.37. The lowest BCUT2D eigenvalue weighted by Gasteiger charge is -2.22. The predicted octanol–water partition coefficient (Wildman–Crippen LogP) is 4.70. The molecule has 2 heterocycles. The van der Waals surface area contributed by atoms with E-state index in [2.05, 4.69) is 9.97 Å². The van der Waals surface area contributed by atoms with Crippen LogP contribution in [0.1, 0.15) is 45.2 Å². The maximum absolute atomic E-state index is 14.1. The van der Waals surface area contributed by atoms with E-state index < -0.39 is 11.6 Å². The third-order valence-corrected chi connectivity index (χ3v) is 6.06. The van der Waals surface area contributed by atoms with E-state index in [0.717, 1.165) is 40.4 Å². The molecule has 0 bridgehead atoms. The lowest BCUT2D eigenvalue weighted by atomic mass is 10.1. The molecule has 0 spiro atoms. The third kappa shape index (κ3) is 3.32. The Balaban J connectivity index is 1.72. The summed E-state index contributed by atoms with van der Waals surface area (Å²) in [6.07, 6.45) is 1.80. The highest BCUT2D eigenvalue weighted by molar-refractivity contribution is 7.20. The van der Waals surface area contributed by atoms with Gasteiger partial charge in [0.25, 0.3) is 5.91 Å². The van der Waals surface area contributed by atoms with Crippen LogP contribution in [0.5, 0.6) is 0 Å². The van der Waals surface area contributed by atoms with Crippen LogP contribution in [0.2, 0.25) is 0 Å². The van der Waals surface area contributed by atoms with E-state index in [1.165, 1.54) is 23.5 Å². The zero-order valence-corrected chi connectivity index (χ0v) is 16.2. The minimum absolute atomic E-state index is 0.0977. The highest BCUT2D eigenvalue weighted by Gasteiger charge is 2.35. The summed E-state index contributed by atoms with van der Waals surface area (Å²) in [4.78, 5) is 25.3. The van der Waals surface area contributed by atoms with Gasteiger partial charge in [0.05, 0.1) is 4.88 Å². The molecule has 3 aromatic rings. The quantitative estimate of drug-likeness (QED) is 0.652. The van der Waals surface area contributed by atoms with Gasteiger partial charge in [-0.25, -0.2) is 18.7 Å². The van der Waals surface area contributed by atoms with Gasteiger partial charge in [-0.15, -0.1) is 11.3 Å². The van der Waals surface area contributed by atoms with E-state index in [-0.39, 0.29) is 18.5 Å². The molecule has 4 rings (SSSR count). The number of aromatic nitrogens is 2. The maximum Gasteiger partial charge on any atom is 0.264 e. The molecule has 1 aliphatic carbocycles. The number of halogens is 2. The largest absolute Gasteiger partial charge is 0.331 e. The Morgan fingerprint density at radius 1 is 1.22 bits per heavy atom. The van der Waals surface area contributed by atoms with Crippen LogP contribution in [-0.4, -0.2) is 26.8 Å². The molecule has 0 unspecified atom stereocenters. The molecule has 1 amide bonds. The van der Waals surface area contributed by atoms with Crippen molar-refractivity contribution >= 4 is 27.5 Å². The van der Waals surface area contributed by atoms with Crippen molar-refractivity contribution in [1.82, 2.24) is 14.9 Å². The summed E-state index contributed by atoms with van der Waals surface area (Å²) in [5, 5.41) is 0.914. The number of fused-ring (bicyclic) bond motifs is 1. The molecule has 1 aliphatic rings. The zero-order valence-electron chi connectivity index (χ0n) is 15.3. The summed E-state index contributed by atoms with van der Waals surface area (Å²) < 4.78 is 27.3. The summed E-state index contributed by atoms with van der Waals surface area (Å²) in [6.45, 7) is 5.78. The van der Waals surface area contributed by atoms with Gasteiger partial charge >= 0.3 is 0 Å². The summed E-state index contributed by atoms with van der Waals surface area (Å²) >= 11 is 1.35. The highest BCUT2D eigenvalue weighted by atomic mass is 32.1. The number of rotatable bonds is 4. The molecule has 0 aliphatic heterocycles. The zero-order chi connectivity index (χ0) is 19.3. The number of hydrogen-bond acceptors (Lipinski definition) is 4. The van der Waals surface area contributed by atoms with Gasteiger partial charge in [-0.1, -0.05) is 6.07 Å². The van der Waals surface area contributed by atoms with Crippen molar-refractivity contribution in [1.29, 1.82) is 0 Å². The summed E-state index contributed by atoms with van der Waals surface area (Å²) in [5.41, 5.74) is 2.04. The highest BCUT2D eigenvalue weighted by Crippen LogP contribution is 2.36. The van der Waals surface area contributed by atoms with Crippen molar-refractivity contribution in [2.45, 2.75) is 46.2 Å². The fraction of sp³-hybridized carbons (Fsp3) is 0.350. The van der Waals surface area contributed by atoms with E-state index in [0.29, 0.717) is 16.3 Å². The molecule has 7 heteroatoms. The van der Waals surface area contributed by atoms with Crippen LogP contribution in [-0.2, 0) is 6.54 Å². The third-order valence-electron chi connectivity index (χ3n) is 4.88. The molecule has 1 fully saturated rings. The van der Waals surface area contributed by atoms with Crippen molar-refractivity contribution in [3.63, 3.8) is 0 Å². The molecule has 0 saturated heterocycles. The van der Waals surface area contributed by atoms with Crippen molar-refractivity contribution < 1.29 is 13.6 Å². The first kappa shape index (κ1) is 18.0. The second kappa shape index (κ2) is 6.64. The summed E-state index contributed by atoms with van der Waals surface area (Å²) in [5.74, 6) is -0.698. The minimum Gasteiger partial charge on any atom is -0.331 e. The predicted molar refractivity (Wildman–Crippen MR) is 101 cm³/mol. The Morgan fingerprint density at radius 3 is 2.63 bits per heavy atom. The molecule has 0 radical (unpaired) electrons. The maximum atomic E-state index is 14.1. The Bertz CT molecular complexity index is 1060. The van der Waals surface area contributed by atoms with Gasteiger partial charge in [-0.2, -0.15) is 0 Å². The number of nitrogens with zero attached hydrogens (tertiary/aromatic N) is 3. The molecule has 1 aromatic carbocycles. The second-order valence-electron chi connectivity index (χ2n) is 6.99. The summed E-state index contributed by atoms with van der Waals surface area (Å²) in [7, 11) is 0. The Hall–Kier alpha value is -2.41. The molecular formula is C20H19F2N3OS. The van der Waals surface area contributed by atoms with Gasteiger partial charge in [-0.3, -0.25) is 4.79 Å². The number of amides is 1. The van der Waals surface area contributed by atoms with E-state index in [1.54, 1.807) is 4.90 Å². The standard InChI is InChI=1S/C20H19F2N3OS/c1-10-17-11(2)23-12(3)24-19(17)27-18(10)20(26)25(15-6-7-15)9-13-4-5-14(21)8-16(13)22/h4-5,8,15H,6-7,9H2,1-3H3. The van der Waals surface area contributed by atoms with Gasteiger partial charge < -0.3 is 4.90 Å². The van der Waals surface area contributed by atoms with Crippen LogP contribution >= 0.6 is 11.3 Å². The van der Waals surface area contributed by atoms with Crippen molar-refractivity contribution in [3.05, 3.63) is 57.4 Å². The first-order valence-corrected chi connectivity index (χ1v) is 9.66. The smallest absolute Gasteiger partial charge is 0.264 e. The molecule has 140 valence electrons. The Kier molecular flexibility index (Phi) is 4.42. The first-order valence-electron chi connectivity index (χ1n) is 8.84. The lowest BCUT2D eigenvalue weighted by molar-refractivity contribution is 0.0732. The van der Waals surface area contributed by atoms with Gasteiger partial charge in [-0.05, 0) is 45.2 Å². The number of thiophene rings is 1. The van der Waals surface area contributed by atoms with E-state index >= 15 is 0 Å². The molecule has 27 heavy (non-hydrogen) atoms. The normalized spacial score (nSPS) is 14.0. The van der Waals surface area contributed by atoms with Crippen LogP contribution in [0.15, 0.2) is 18.2 Å². The Labute approximate surface area is 159 Å². The van der Waals surface area contributed by atoms with Crippen LogP contribution in [0, 0.1) is 32.4 Å². The fourth-order valence-electron chi connectivity index (χ4n) is 3.39. The molecule has 0 atom stereocenters. The number of carbonyl (C=O) groups excluding carboxylic acids is 1. The monoisotopic (exact) mass is 387 g/mol. The van der Waals surface area contributed by atoms with Gasteiger partial charge in [0.1, 0.15) is 22.3 Å². The first-order chi connectivity index (χ1) is 12.8. The Morgan fingerprint density at radius 2 is 1.96 bits per heavy atom. The fourth-order valence-corrected chi connectivity index (χ4v) is 4.63. The molecule has 1 saturated carbocycles. The number of aryl methyl sites for hydroxylation is 3. The minimum atomic E-state index is -0.626. The van der Waals surface area contributed by atoms with Crippen molar-refractivity contribution in [3.8, 4) is 0 Å². The average molecular weight is 387 g/mol. The summed E-state index contributed by atoms with van der Waals surface area (Å²) in [6, 6.07) is 3.59.